The quantitative estimate of drug-likeness (QED) is 0.847. The van der Waals surface area contributed by atoms with Gasteiger partial charge in [-0.25, -0.2) is 18.2 Å². The van der Waals surface area contributed by atoms with Gasteiger partial charge in [-0.3, -0.25) is 0 Å². The van der Waals surface area contributed by atoms with Gasteiger partial charge in [0.2, 0.25) is 0 Å². The molecule has 2 heterocycles. The van der Waals surface area contributed by atoms with Crippen LogP contribution in [0, 0.1) is 0 Å². The van der Waals surface area contributed by atoms with Gasteiger partial charge in [0.1, 0.15) is 0 Å². The second kappa shape index (κ2) is 7.13. The Labute approximate surface area is 131 Å². The van der Waals surface area contributed by atoms with Crippen LogP contribution in [0.1, 0.15) is 38.3 Å². The molecule has 0 aromatic carbocycles. The van der Waals surface area contributed by atoms with Crippen molar-refractivity contribution in [1.29, 1.82) is 0 Å². The van der Waals surface area contributed by atoms with E-state index in [1.54, 1.807) is 25.1 Å². The van der Waals surface area contributed by atoms with Gasteiger partial charge in [0, 0.05) is 42.7 Å². The summed E-state index contributed by atoms with van der Waals surface area (Å²) in [5.74, 6) is 0.493. The van der Waals surface area contributed by atoms with Gasteiger partial charge in [0.05, 0.1) is 12.1 Å². The number of piperidine rings is 1. The van der Waals surface area contributed by atoms with Crippen molar-refractivity contribution in [3.05, 3.63) is 18.2 Å². The van der Waals surface area contributed by atoms with E-state index < -0.39 is 9.84 Å². The van der Waals surface area contributed by atoms with E-state index in [0.717, 1.165) is 18.5 Å². The molecule has 2 rings (SSSR count). The summed E-state index contributed by atoms with van der Waals surface area (Å²) in [6.45, 7) is 4.68. The second-order valence-electron chi connectivity index (χ2n) is 5.82. The number of rotatable bonds is 5. The van der Waals surface area contributed by atoms with Crippen LogP contribution in [0.5, 0.6) is 0 Å². The van der Waals surface area contributed by atoms with Crippen LogP contribution in [0.2, 0.25) is 0 Å². The molecular weight excluding hydrogens is 304 g/mol. The maximum Gasteiger partial charge on any atom is 0.317 e. The monoisotopic (exact) mass is 328 g/mol. The van der Waals surface area contributed by atoms with E-state index in [-0.39, 0.29) is 23.6 Å². The summed E-state index contributed by atoms with van der Waals surface area (Å²) < 4.78 is 23.1. The zero-order chi connectivity index (χ0) is 16.2. The fourth-order valence-electron chi connectivity index (χ4n) is 2.73. The Morgan fingerprint density at radius 3 is 2.73 bits per heavy atom. The number of hydrogen-bond donors (Lipinski definition) is 2. The van der Waals surface area contributed by atoms with Gasteiger partial charge in [-0.05, 0) is 19.8 Å². The van der Waals surface area contributed by atoms with Gasteiger partial charge in [0.15, 0.2) is 9.84 Å². The lowest BCUT2D eigenvalue weighted by atomic mass is 9.94. The van der Waals surface area contributed by atoms with Crippen molar-refractivity contribution in [3.63, 3.8) is 0 Å². The third kappa shape index (κ3) is 4.46. The molecule has 1 unspecified atom stereocenters. The molecule has 1 aliphatic heterocycles. The first kappa shape index (κ1) is 16.8. The molecule has 1 atom stereocenters. The molecule has 0 radical (unpaired) electrons. The predicted molar refractivity (Wildman–Crippen MR) is 84.5 cm³/mol. The molecule has 7 nitrogen and oxygen atoms in total. The van der Waals surface area contributed by atoms with E-state index >= 15 is 0 Å². The van der Waals surface area contributed by atoms with Gasteiger partial charge in [0.25, 0.3) is 0 Å². The van der Waals surface area contributed by atoms with E-state index in [1.807, 2.05) is 6.20 Å². The van der Waals surface area contributed by atoms with Crippen LogP contribution in [-0.4, -0.2) is 60.0 Å². The lowest BCUT2D eigenvalue weighted by molar-refractivity contribution is 0.178. The standard InChI is InChI=1S/C14H24N4O3S/c1-3-22(20,21)9-11(2)17-14(19)18-6-4-12(5-7-18)13-8-15-10-16-13/h8,10-12H,3-7,9H2,1-2H3,(H,15,16)(H,17,19). The van der Waals surface area contributed by atoms with Crippen LogP contribution in [0.4, 0.5) is 4.79 Å². The Bertz CT molecular complexity index is 577. The Morgan fingerprint density at radius 1 is 1.50 bits per heavy atom. The number of nitrogens with one attached hydrogen (secondary N) is 2. The number of amides is 2. The molecule has 1 aliphatic rings. The van der Waals surface area contributed by atoms with Crippen LogP contribution < -0.4 is 5.32 Å². The summed E-state index contributed by atoms with van der Waals surface area (Å²) in [6.07, 6.45) is 5.27. The van der Waals surface area contributed by atoms with E-state index in [4.69, 9.17) is 0 Å². The number of urea groups is 1. The van der Waals surface area contributed by atoms with Crippen molar-refractivity contribution in [2.24, 2.45) is 0 Å². The Kier molecular flexibility index (Phi) is 5.44. The van der Waals surface area contributed by atoms with Gasteiger partial charge < -0.3 is 15.2 Å². The number of sulfone groups is 1. The summed E-state index contributed by atoms with van der Waals surface area (Å²) in [4.78, 5) is 21.1. The number of carbonyl (C=O) groups is 1. The predicted octanol–water partition coefficient (Wildman–Crippen LogP) is 1.12. The lowest BCUT2D eigenvalue weighted by Crippen LogP contribution is -2.48. The first-order valence-electron chi connectivity index (χ1n) is 7.65. The number of nitrogens with zero attached hydrogens (tertiary/aromatic N) is 2. The fourth-order valence-corrected chi connectivity index (χ4v) is 3.81. The number of H-pyrrole nitrogens is 1. The maximum atomic E-state index is 12.2. The number of imidazole rings is 1. The minimum absolute atomic E-state index is 0.0140. The largest absolute Gasteiger partial charge is 0.348 e. The van der Waals surface area contributed by atoms with Crippen molar-refractivity contribution in [3.8, 4) is 0 Å². The molecule has 2 amide bonds. The summed E-state index contributed by atoms with van der Waals surface area (Å²) in [5, 5.41) is 2.78. The number of aromatic amines is 1. The average molecular weight is 328 g/mol. The van der Waals surface area contributed by atoms with E-state index in [2.05, 4.69) is 15.3 Å². The molecule has 0 spiro atoms. The van der Waals surface area contributed by atoms with E-state index in [0.29, 0.717) is 19.0 Å². The molecular formula is C14H24N4O3S. The zero-order valence-corrected chi connectivity index (χ0v) is 13.9. The van der Waals surface area contributed by atoms with Crippen LogP contribution in [0.15, 0.2) is 12.5 Å². The van der Waals surface area contributed by atoms with Crippen LogP contribution in [0.3, 0.4) is 0 Å². The van der Waals surface area contributed by atoms with Crippen LogP contribution >= 0.6 is 0 Å². The molecule has 1 saturated heterocycles. The normalized spacial score (nSPS) is 18.2. The third-order valence-corrected chi connectivity index (χ3v) is 5.94. The van der Waals surface area contributed by atoms with Gasteiger partial charge in [-0.15, -0.1) is 0 Å². The highest BCUT2D eigenvalue weighted by molar-refractivity contribution is 7.91. The van der Waals surface area contributed by atoms with E-state index in [1.165, 1.54) is 0 Å². The second-order valence-corrected chi connectivity index (χ2v) is 8.22. The maximum absolute atomic E-state index is 12.2. The summed E-state index contributed by atoms with van der Waals surface area (Å²) in [7, 11) is -3.08. The minimum atomic E-state index is -3.08. The van der Waals surface area contributed by atoms with E-state index in [9.17, 15) is 13.2 Å². The molecule has 22 heavy (non-hydrogen) atoms. The van der Waals surface area contributed by atoms with Crippen LogP contribution in [0.25, 0.3) is 0 Å². The summed E-state index contributed by atoms with van der Waals surface area (Å²) >= 11 is 0. The molecule has 0 bridgehead atoms. The fraction of sp³-hybridized carbons (Fsp3) is 0.714. The molecule has 8 heteroatoms. The summed E-state index contributed by atoms with van der Waals surface area (Å²) in [5.41, 5.74) is 1.11. The Hall–Kier alpha value is -1.57. The average Bonchev–Trinajstić information content (AvgIpc) is 3.01. The van der Waals surface area contributed by atoms with Gasteiger partial charge in [-0.2, -0.15) is 0 Å². The van der Waals surface area contributed by atoms with Crippen molar-refractivity contribution in [2.45, 2.75) is 38.6 Å². The Morgan fingerprint density at radius 2 is 2.18 bits per heavy atom. The van der Waals surface area contributed by atoms with Crippen molar-refractivity contribution in [2.75, 3.05) is 24.6 Å². The van der Waals surface area contributed by atoms with Crippen molar-refractivity contribution in [1.82, 2.24) is 20.2 Å². The highest BCUT2D eigenvalue weighted by atomic mass is 32.2. The highest BCUT2D eigenvalue weighted by Crippen LogP contribution is 2.26. The van der Waals surface area contributed by atoms with Crippen molar-refractivity contribution >= 4 is 15.9 Å². The highest BCUT2D eigenvalue weighted by Gasteiger charge is 2.25. The molecule has 124 valence electrons. The Balaban J connectivity index is 1.80. The van der Waals surface area contributed by atoms with Crippen LogP contribution in [-0.2, 0) is 9.84 Å². The molecule has 2 N–H and O–H groups in total. The molecule has 0 saturated carbocycles. The topological polar surface area (TPSA) is 95.2 Å². The molecule has 1 fully saturated rings. The number of aromatic nitrogens is 2. The number of hydrogen-bond acceptors (Lipinski definition) is 4. The smallest absolute Gasteiger partial charge is 0.317 e. The molecule has 0 aliphatic carbocycles. The minimum Gasteiger partial charge on any atom is -0.348 e. The SMILES string of the molecule is CCS(=O)(=O)CC(C)NC(=O)N1CCC(c2cnc[nH]2)CC1. The zero-order valence-electron chi connectivity index (χ0n) is 13.1. The third-order valence-electron chi connectivity index (χ3n) is 4.06. The lowest BCUT2D eigenvalue weighted by Gasteiger charge is -2.32. The first-order valence-corrected chi connectivity index (χ1v) is 9.47. The van der Waals surface area contributed by atoms with Crippen molar-refractivity contribution < 1.29 is 13.2 Å². The number of likely N-dealkylation sites (tertiary alicyclic amines) is 1. The first-order chi connectivity index (χ1) is 10.4. The van der Waals surface area contributed by atoms with Gasteiger partial charge >= 0.3 is 6.03 Å². The summed E-state index contributed by atoms with van der Waals surface area (Å²) in [6, 6.07) is -0.551. The van der Waals surface area contributed by atoms with Gasteiger partial charge in [-0.1, -0.05) is 6.92 Å². The molecule has 1 aromatic rings. The molecule has 1 aromatic heterocycles. The number of carbonyl (C=O) groups excluding carboxylic acids is 1.